The average Bonchev–Trinajstić information content (AvgIpc) is 2.57. The van der Waals surface area contributed by atoms with E-state index in [4.69, 9.17) is 39.5 Å². The lowest BCUT2D eigenvalue weighted by Crippen LogP contribution is -2.42. The molecule has 3 rings (SSSR count). The van der Waals surface area contributed by atoms with Crippen molar-refractivity contribution in [1.82, 2.24) is 4.90 Å². The summed E-state index contributed by atoms with van der Waals surface area (Å²) in [7, 11) is 0. The van der Waals surface area contributed by atoms with E-state index in [-0.39, 0.29) is 12.0 Å². The number of carbonyl (C=O) groups excluding carboxylic acids is 1. The number of amides is 1. The first-order valence-electron chi connectivity index (χ1n) is 7.16. The van der Waals surface area contributed by atoms with Crippen molar-refractivity contribution in [3.8, 4) is 0 Å². The van der Waals surface area contributed by atoms with Gasteiger partial charge in [0.1, 0.15) is 6.10 Å². The lowest BCUT2D eigenvalue weighted by atomic mass is 10.1. The Morgan fingerprint density at radius 2 is 1.83 bits per heavy atom. The zero-order valence-electron chi connectivity index (χ0n) is 12.1. The normalized spacial score (nSPS) is 18.0. The zero-order chi connectivity index (χ0) is 16.4. The van der Waals surface area contributed by atoms with E-state index in [1.807, 2.05) is 6.07 Å². The van der Waals surface area contributed by atoms with Crippen molar-refractivity contribution in [1.29, 1.82) is 0 Å². The van der Waals surface area contributed by atoms with E-state index >= 15 is 0 Å². The van der Waals surface area contributed by atoms with Crippen LogP contribution in [0.3, 0.4) is 0 Å². The number of benzene rings is 2. The van der Waals surface area contributed by atoms with Gasteiger partial charge in [-0.2, -0.15) is 0 Å². The smallest absolute Gasteiger partial charge is 0.255 e. The molecule has 1 atom stereocenters. The lowest BCUT2D eigenvalue weighted by molar-refractivity contribution is -0.0228. The van der Waals surface area contributed by atoms with Crippen LogP contribution in [0.2, 0.25) is 15.1 Å². The van der Waals surface area contributed by atoms with Gasteiger partial charge < -0.3 is 9.64 Å². The molecule has 1 aliphatic rings. The second kappa shape index (κ2) is 7.10. The minimum Gasteiger partial charge on any atom is -0.370 e. The highest BCUT2D eigenvalue weighted by Crippen LogP contribution is 2.30. The fourth-order valence-electron chi connectivity index (χ4n) is 2.55. The van der Waals surface area contributed by atoms with E-state index in [2.05, 4.69) is 0 Å². The topological polar surface area (TPSA) is 29.5 Å². The van der Waals surface area contributed by atoms with Gasteiger partial charge in [-0.15, -0.1) is 0 Å². The first-order chi connectivity index (χ1) is 11.1. The molecule has 0 spiro atoms. The van der Waals surface area contributed by atoms with Gasteiger partial charge in [-0.05, 0) is 29.8 Å². The van der Waals surface area contributed by atoms with Crippen molar-refractivity contribution in [2.24, 2.45) is 0 Å². The molecule has 1 amide bonds. The van der Waals surface area contributed by atoms with E-state index in [1.165, 1.54) is 0 Å². The van der Waals surface area contributed by atoms with E-state index in [0.717, 1.165) is 5.56 Å². The molecule has 0 bridgehead atoms. The Morgan fingerprint density at radius 3 is 2.57 bits per heavy atom. The summed E-state index contributed by atoms with van der Waals surface area (Å²) in [6.07, 6.45) is -0.232. The van der Waals surface area contributed by atoms with Gasteiger partial charge in [0.2, 0.25) is 0 Å². The van der Waals surface area contributed by atoms with Crippen molar-refractivity contribution in [3.05, 3.63) is 68.7 Å². The number of rotatable bonds is 2. The molecule has 0 saturated carbocycles. The summed E-state index contributed by atoms with van der Waals surface area (Å²) >= 11 is 18.1. The first kappa shape index (κ1) is 16.6. The van der Waals surface area contributed by atoms with Crippen LogP contribution in [0, 0.1) is 0 Å². The Labute approximate surface area is 149 Å². The molecule has 2 aromatic rings. The van der Waals surface area contributed by atoms with E-state index in [0.29, 0.717) is 40.3 Å². The summed E-state index contributed by atoms with van der Waals surface area (Å²) < 4.78 is 5.78. The van der Waals surface area contributed by atoms with E-state index in [9.17, 15) is 4.79 Å². The van der Waals surface area contributed by atoms with Gasteiger partial charge in [-0.25, -0.2) is 0 Å². The van der Waals surface area contributed by atoms with Gasteiger partial charge in [0.15, 0.2) is 0 Å². The molecule has 0 unspecified atom stereocenters. The van der Waals surface area contributed by atoms with Crippen molar-refractivity contribution in [2.45, 2.75) is 6.10 Å². The zero-order valence-corrected chi connectivity index (χ0v) is 14.4. The van der Waals surface area contributed by atoms with Gasteiger partial charge in [0, 0.05) is 6.54 Å². The molecule has 120 valence electrons. The first-order valence-corrected chi connectivity index (χ1v) is 8.30. The monoisotopic (exact) mass is 369 g/mol. The molecule has 0 N–H and O–H groups in total. The molecular formula is C17H14Cl3NO2. The molecule has 1 saturated heterocycles. The van der Waals surface area contributed by atoms with Crippen LogP contribution in [0.15, 0.2) is 42.5 Å². The Hall–Kier alpha value is -1.26. The minimum atomic E-state index is -0.232. The summed E-state index contributed by atoms with van der Waals surface area (Å²) in [4.78, 5) is 14.4. The van der Waals surface area contributed by atoms with Crippen molar-refractivity contribution in [3.63, 3.8) is 0 Å². The Morgan fingerprint density at radius 1 is 1.04 bits per heavy atom. The maximum Gasteiger partial charge on any atom is 0.255 e. The number of morpholine rings is 1. The van der Waals surface area contributed by atoms with Crippen LogP contribution in [-0.2, 0) is 4.74 Å². The third-order valence-corrected chi connectivity index (χ3v) is 4.84. The van der Waals surface area contributed by atoms with Crippen molar-refractivity contribution >= 4 is 40.7 Å². The lowest BCUT2D eigenvalue weighted by Gasteiger charge is -2.33. The van der Waals surface area contributed by atoms with Gasteiger partial charge in [-0.3, -0.25) is 4.79 Å². The predicted octanol–water partition coefficient (Wildman–Crippen LogP) is 4.86. The van der Waals surface area contributed by atoms with Crippen LogP contribution in [0.25, 0.3) is 0 Å². The van der Waals surface area contributed by atoms with Crippen LogP contribution in [0.1, 0.15) is 22.0 Å². The molecule has 0 aromatic heterocycles. The number of halogens is 3. The molecule has 23 heavy (non-hydrogen) atoms. The number of carbonyl (C=O) groups is 1. The number of hydrogen-bond donors (Lipinski definition) is 0. The highest BCUT2D eigenvalue weighted by Gasteiger charge is 2.27. The van der Waals surface area contributed by atoms with Crippen LogP contribution in [0.5, 0.6) is 0 Å². The second-order valence-electron chi connectivity index (χ2n) is 5.26. The van der Waals surface area contributed by atoms with Gasteiger partial charge >= 0.3 is 0 Å². The van der Waals surface area contributed by atoms with E-state index < -0.39 is 0 Å². The number of ether oxygens (including phenoxy) is 1. The van der Waals surface area contributed by atoms with Gasteiger partial charge in [0.05, 0.1) is 33.8 Å². The molecule has 0 aliphatic carbocycles. The van der Waals surface area contributed by atoms with Crippen molar-refractivity contribution in [2.75, 3.05) is 19.7 Å². The molecule has 0 radical (unpaired) electrons. The summed E-state index contributed by atoms with van der Waals surface area (Å²) in [5, 5.41) is 1.42. The highest BCUT2D eigenvalue weighted by atomic mass is 35.5. The minimum absolute atomic E-state index is 0.0936. The van der Waals surface area contributed by atoms with Crippen LogP contribution in [0.4, 0.5) is 0 Å². The number of nitrogens with zero attached hydrogens (tertiary/aromatic N) is 1. The fraction of sp³-hybridized carbons (Fsp3) is 0.235. The summed E-state index contributed by atoms with van der Waals surface area (Å²) in [6.45, 7) is 1.44. The quantitative estimate of drug-likeness (QED) is 0.755. The Balaban J connectivity index is 1.79. The molecule has 1 aliphatic heterocycles. The number of hydrogen-bond acceptors (Lipinski definition) is 2. The largest absolute Gasteiger partial charge is 0.370 e. The summed E-state index contributed by atoms with van der Waals surface area (Å²) in [6, 6.07) is 12.4. The Bertz CT molecular complexity index is 736. The maximum absolute atomic E-state index is 12.7. The highest BCUT2D eigenvalue weighted by molar-refractivity contribution is 6.42. The standard InChI is InChI=1S/C17H14Cl3NO2/c18-13-4-2-1-3-12(13)17(22)21-7-8-23-16(10-21)11-5-6-14(19)15(20)9-11/h1-6,9,16H,7-8,10H2/t16-/m0/s1. The molecule has 1 heterocycles. The summed E-state index contributed by atoms with van der Waals surface area (Å²) in [5.74, 6) is -0.0936. The molecular weight excluding hydrogens is 357 g/mol. The average molecular weight is 371 g/mol. The second-order valence-corrected chi connectivity index (χ2v) is 6.49. The summed E-state index contributed by atoms with van der Waals surface area (Å²) in [5.41, 5.74) is 1.40. The van der Waals surface area contributed by atoms with Crippen LogP contribution >= 0.6 is 34.8 Å². The fourth-order valence-corrected chi connectivity index (χ4v) is 3.08. The molecule has 2 aromatic carbocycles. The van der Waals surface area contributed by atoms with Crippen LogP contribution in [-0.4, -0.2) is 30.5 Å². The van der Waals surface area contributed by atoms with Gasteiger partial charge in [-0.1, -0.05) is 53.0 Å². The molecule has 3 nitrogen and oxygen atoms in total. The SMILES string of the molecule is O=C(c1ccccc1Cl)N1CCO[C@H](c2ccc(Cl)c(Cl)c2)C1. The predicted molar refractivity (Wildman–Crippen MR) is 92.5 cm³/mol. The molecule has 1 fully saturated rings. The third-order valence-electron chi connectivity index (χ3n) is 3.77. The van der Waals surface area contributed by atoms with Gasteiger partial charge in [0.25, 0.3) is 5.91 Å². The van der Waals surface area contributed by atoms with E-state index in [1.54, 1.807) is 41.3 Å². The Kier molecular flexibility index (Phi) is 5.12. The molecule has 6 heteroatoms. The third kappa shape index (κ3) is 3.64. The van der Waals surface area contributed by atoms with Crippen LogP contribution < -0.4 is 0 Å². The van der Waals surface area contributed by atoms with Crippen molar-refractivity contribution < 1.29 is 9.53 Å². The maximum atomic E-state index is 12.7.